The molecule has 1 atom stereocenters. The second-order valence-electron chi connectivity index (χ2n) is 12.9. The van der Waals surface area contributed by atoms with Crippen LogP contribution >= 0.6 is 11.3 Å². The van der Waals surface area contributed by atoms with Crippen LogP contribution in [-0.4, -0.2) is 53.7 Å². The third-order valence-corrected chi connectivity index (χ3v) is 9.22. The smallest absolute Gasteiger partial charge is 0.407 e. The zero-order valence-electron chi connectivity index (χ0n) is 24.6. The largest absolute Gasteiger partial charge is 0.477 e. The Hall–Kier alpha value is -3.06. The number of amides is 3. The molecule has 1 saturated heterocycles. The van der Waals surface area contributed by atoms with Gasteiger partial charge in [-0.15, -0.1) is 11.3 Å². The number of nitrogens with one attached hydrogen (secondary N) is 2. The van der Waals surface area contributed by atoms with Crippen LogP contribution in [0.4, 0.5) is 10.5 Å². The lowest BCUT2D eigenvalue weighted by molar-refractivity contribution is -0.121. The molecule has 0 spiro atoms. The summed E-state index contributed by atoms with van der Waals surface area (Å²) in [6.07, 6.45) is 6.35. The van der Waals surface area contributed by atoms with Crippen molar-refractivity contribution in [1.29, 1.82) is 0 Å². The molecular weight excluding hydrogens is 542 g/mol. The van der Waals surface area contributed by atoms with Gasteiger partial charge in [0.2, 0.25) is 11.8 Å². The molecule has 1 aromatic heterocycles. The molecule has 3 aliphatic rings. The van der Waals surface area contributed by atoms with Gasteiger partial charge in [0.1, 0.15) is 11.0 Å². The molecule has 3 fully saturated rings. The van der Waals surface area contributed by atoms with Crippen LogP contribution in [0.5, 0.6) is 0 Å². The third-order valence-electron chi connectivity index (χ3n) is 8.19. The van der Waals surface area contributed by atoms with Crippen LogP contribution in [0.3, 0.4) is 0 Å². The maximum Gasteiger partial charge on any atom is 0.407 e. The van der Waals surface area contributed by atoms with Gasteiger partial charge in [0.05, 0.1) is 23.5 Å². The van der Waals surface area contributed by atoms with Crippen molar-refractivity contribution in [3.63, 3.8) is 0 Å². The van der Waals surface area contributed by atoms with Gasteiger partial charge in [0.15, 0.2) is 0 Å². The first-order valence-electron chi connectivity index (χ1n) is 14.8. The first-order valence-corrected chi connectivity index (χ1v) is 15.7. The van der Waals surface area contributed by atoms with Crippen molar-refractivity contribution in [2.75, 3.05) is 11.4 Å². The number of carboxylic acids is 1. The number of hydrogen-bond donors (Lipinski definition) is 3. The molecule has 9 nitrogen and oxygen atoms in total. The van der Waals surface area contributed by atoms with Crippen LogP contribution in [0.25, 0.3) is 0 Å². The highest BCUT2D eigenvalue weighted by Gasteiger charge is 2.35. The van der Waals surface area contributed by atoms with Gasteiger partial charge in [0.25, 0.3) is 0 Å². The third kappa shape index (κ3) is 8.71. The van der Waals surface area contributed by atoms with Crippen molar-refractivity contribution in [2.24, 2.45) is 17.3 Å². The number of carbonyl (C=O) groups excluding carboxylic acids is 3. The van der Waals surface area contributed by atoms with Crippen molar-refractivity contribution in [3.8, 4) is 11.8 Å². The fourth-order valence-corrected chi connectivity index (χ4v) is 6.77. The van der Waals surface area contributed by atoms with Gasteiger partial charge in [0, 0.05) is 23.9 Å². The van der Waals surface area contributed by atoms with E-state index in [1.54, 1.807) is 11.0 Å². The zero-order chi connectivity index (χ0) is 29.7. The first kappa shape index (κ1) is 30.9. The molecule has 0 bridgehead atoms. The minimum Gasteiger partial charge on any atom is -0.477 e. The number of alkyl carbamates (subject to hydrolysis) is 1. The predicted octanol–water partition coefficient (Wildman–Crippen LogP) is 5.32. The second kappa shape index (κ2) is 13.3. The second-order valence-corrected chi connectivity index (χ2v) is 14.0. The number of nitrogens with zero attached hydrogens (tertiary/aromatic N) is 1. The highest BCUT2D eigenvalue weighted by Crippen LogP contribution is 2.38. The average Bonchev–Trinajstić information content (AvgIpc) is 3.51. The quantitative estimate of drug-likeness (QED) is 0.372. The van der Waals surface area contributed by atoms with Crippen molar-refractivity contribution < 1.29 is 29.0 Å². The molecule has 2 aliphatic carbocycles. The number of rotatable bonds is 7. The fourth-order valence-electron chi connectivity index (χ4n) is 5.93. The monoisotopic (exact) mass is 585 g/mol. The predicted molar refractivity (Wildman–Crippen MR) is 158 cm³/mol. The lowest BCUT2D eigenvalue weighted by atomic mass is 9.81. The molecular formula is C31H43N3O6S. The Morgan fingerprint density at radius 1 is 1.12 bits per heavy atom. The Labute approximate surface area is 246 Å². The van der Waals surface area contributed by atoms with Crippen LogP contribution in [0.15, 0.2) is 6.07 Å². The topological polar surface area (TPSA) is 125 Å². The Morgan fingerprint density at radius 3 is 2.39 bits per heavy atom. The van der Waals surface area contributed by atoms with E-state index in [-0.39, 0.29) is 40.6 Å². The van der Waals surface area contributed by atoms with Crippen LogP contribution in [0, 0.1) is 29.1 Å². The van der Waals surface area contributed by atoms with Crippen LogP contribution in [0.2, 0.25) is 0 Å². The summed E-state index contributed by atoms with van der Waals surface area (Å²) >= 11 is 1.12. The van der Waals surface area contributed by atoms with Crippen molar-refractivity contribution >= 4 is 40.9 Å². The summed E-state index contributed by atoms with van der Waals surface area (Å²) < 4.78 is 5.38. The summed E-state index contributed by atoms with van der Waals surface area (Å²) in [6.45, 7) is 8.58. The summed E-state index contributed by atoms with van der Waals surface area (Å²) in [6, 6.07) is 1.48. The Morgan fingerprint density at radius 2 is 1.80 bits per heavy atom. The summed E-state index contributed by atoms with van der Waals surface area (Å²) in [5, 5.41) is 15.7. The number of anilines is 1. The molecule has 41 heavy (non-hydrogen) atoms. The lowest BCUT2D eigenvalue weighted by Gasteiger charge is -2.38. The van der Waals surface area contributed by atoms with E-state index in [1.165, 1.54) is 0 Å². The normalized spacial score (nSPS) is 26.3. The molecule has 1 aliphatic heterocycles. The van der Waals surface area contributed by atoms with Gasteiger partial charge >= 0.3 is 12.1 Å². The molecule has 2 saturated carbocycles. The summed E-state index contributed by atoms with van der Waals surface area (Å²) in [5.41, 5.74) is 0.196. The molecule has 0 aromatic carbocycles. The average molecular weight is 586 g/mol. The van der Waals surface area contributed by atoms with E-state index in [0.717, 1.165) is 37.0 Å². The summed E-state index contributed by atoms with van der Waals surface area (Å²) in [7, 11) is 0. The highest BCUT2D eigenvalue weighted by atomic mass is 32.1. The molecule has 3 N–H and O–H groups in total. The SMILES string of the molecule is CC1CCC(CC(=O)N(c2cc(C#CC(C)(C)C)sc2C(=O)O)C2CCC(NC(=O)OC3CNC(=O)C3)CC2)CC1. The standard InChI is InChI=1S/C31H43N3O6S/c1-19-5-7-20(8-6-19)15-27(36)34(25-17-24(13-14-31(2,3)4)41-28(25)29(37)38)22-11-9-21(10-12-22)33-30(39)40-23-16-26(35)32-18-23/h17,19-23H,5-12,15-16,18H2,1-4H3,(H,32,35)(H,33,39)(H,37,38). The maximum absolute atomic E-state index is 14.0. The first-order chi connectivity index (χ1) is 19.4. The van der Waals surface area contributed by atoms with E-state index in [1.807, 2.05) is 20.8 Å². The lowest BCUT2D eigenvalue weighted by Crippen LogP contribution is -2.47. The molecule has 10 heteroatoms. The number of ether oxygens (including phenoxy) is 1. The van der Waals surface area contributed by atoms with Crippen LogP contribution in [-0.2, 0) is 14.3 Å². The number of aromatic carboxylic acids is 1. The minimum atomic E-state index is -1.06. The number of carboxylic acid groups (broad SMARTS) is 1. The van der Waals surface area contributed by atoms with Gasteiger partial charge in [-0.2, -0.15) is 0 Å². The van der Waals surface area contributed by atoms with Crippen LogP contribution in [0.1, 0.15) is 106 Å². The van der Waals surface area contributed by atoms with Gasteiger partial charge in [-0.1, -0.05) is 31.6 Å². The van der Waals surface area contributed by atoms with E-state index in [9.17, 15) is 24.3 Å². The van der Waals surface area contributed by atoms with E-state index in [4.69, 9.17) is 4.74 Å². The minimum absolute atomic E-state index is 0.0330. The molecule has 3 amide bonds. The van der Waals surface area contributed by atoms with Gasteiger partial charge < -0.3 is 25.4 Å². The summed E-state index contributed by atoms with van der Waals surface area (Å²) in [4.78, 5) is 52.6. The zero-order valence-corrected chi connectivity index (χ0v) is 25.4. The van der Waals surface area contributed by atoms with Gasteiger partial charge in [-0.25, -0.2) is 9.59 Å². The van der Waals surface area contributed by atoms with Crippen molar-refractivity contribution in [3.05, 3.63) is 15.8 Å². The molecule has 2 heterocycles. The maximum atomic E-state index is 14.0. The number of carbonyl (C=O) groups is 4. The van der Waals surface area contributed by atoms with E-state index < -0.39 is 18.2 Å². The number of thiophene rings is 1. The van der Waals surface area contributed by atoms with E-state index in [2.05, 4.69) is 29.4 Å². The Balaban J connectivity index is 1.50. The highest BCUT2D eigenvalue weighted by molar-refractivity contribution is 7.15. The fraction of sp³-hybridized carbons (Fsp3) is 0.677. The molecule has 1 unspecified atom stereocenters. The van der Waals surface area contributed by atoms with Gasteiger partial charge in [-0.3, -0.25) is 9.59 Å². The van der Waals surface area contributed by atoms with E-state index in [0.29, 0.717) is 61.0 Å². The summed E-state index contributed by atoms with van der Waals surface area (Å²) in [5.74, 6) is 6.06. The van der Waals surface area contributed by atoms with Crippen molar-refractivity contribution in [1.82, 2.24) is 10.6 Å². The van der Waals surface area contributed by atoms with Crippen molar-refractivity contribution in [2.45, 2.75) is 110 Å². The Bertz CT molecular complexity index is 1190. The molecule has 224 valence electrons. The van der Waals surface area contributed by atoms with Crippen LogP contribution < -0.4 is 15.5 Å². The Kier molecular flexibility index (Phi) is 10.0. The molecule has 1 aromatic rings. The van der Waals surface area contributed by atoms with E-state index >= 15 is 0 Å². The molecule has 4 rings (SSSR count). The molecule has 0 radical (unpaired) electrons. The van der Waals surface area contributed by atoms with Gasteiger partial charge in [-0.05, 0) is 77.2 Å². The number of hydrogen-bond acceptors (Lipinski definition) is 6.